The average Bonchev–Trinajstić information content (AvgIpc) is 3.25. The Morgan fingerprint density at radius 3 is 2.84 bits per heavy atom. The molecule has 12 heteroatoms. The van der Waals surface area contributed by atoms with Crippen molar-refractivity contribution in [3.05, 3.63) is 28.9 Å². The van der Waals surface area contributed by atoms with E-state index < -0.39 is 10.0 Å². The van der Waals surface area contributed by atoms with Crippen molar-refractivity contribution in [2.75, 3.05) is 24.7 Å². The molecule has 1 N–H and O–H groups in total. The second kappa shape index (κ2) is 8.05. The number of carbonyl (C=O) groups is 1. The van der Waals surface area contributed by atoms with Crippen LogP contribution in [0.3, 0.4) is 0 Å². The van der Waals surface area contributed by atoms with Crippen LogP contribution in [-0.4, -0.2) is 50.3 Å². The Balaban J connectivity index is 1.38. The molecule has 1 atom stereocenters. The molecule has 1 saturated carbocycles. The maximum Gasteiger partial charge on any atom is 0.265 e. The fraction of sp³-hybridized carbons (Fsp3) is 0.526. The van der Waals surface area contributed by atoms with Crippen LogP contribution >= 0.6 is 11.6 Å². The summed E-state index contributed by atoms with van der Waals surface area (Å²) in [4.78, 5) is 18.1. The van der Waals surface area contributed by atoms with Gasteiger partial charge in [-0.1, -0.05) is 16.8 Å². The van der Waals surface area contributed by atoms with Gasteiger partial charge >= 0.3 is 0 Å². The van der Waals surface area contributed by atoms with E-state index in [0.29, 0.717) is 29.9 Å². The number of ether oxygens (including phenoxy) is 2. The highest BCUT2D eigenvalue weighted by atomic mass is 35.5. The average molecular weight is 469 g/mol. The van der Waals surface area contributed by atoms with E-state index in [1.807, 2.05) is 0 Å². The van der Waals surface area contributed by atoms with Crippen molar-refractivity contribution in [2.45, 2.75) is 49.1 Å². The molecule has 1 saturated heterocycles. The molecule has 0 radical (unpaired) electrons. The fourth-order valence-corrected chi connectivity index (χ4v) is 5.24. The smallest absolute Gasteiger partial charge is 0.265 e. The quantitative estimate of drug-likeness (QED) is 0.654. The number of nitrogens with zero attached hydrogens (tertiary/aromatic N) is 3. The summed E-state index contributed by atoms with van der Waals surface area (Å²) in [7, 11) is -3.89. The zero-order chi connectivity index (χ0) is 21.6. The number of halogens is 1. The third-order valence-electron chi connectivity index (χ3n) is 5.48. The minimum Gasteiger partial charge on any atom is -0.482 e. The number of amides is 1. The van der Waals surface area contributed by atoms with E-state index in [4.69, 9.17) is 25.6 Å². The molecule has 3 heterocycles. The van der Waals surface area contributed by atoms with Crippen molar-refractivity contribution in [1.29, 1.82) is 0 Å². The molecule has 10 nitrogen and oxygen atoms in total. The first-order valence-electron chi connectivity index (χ1n) is 10.1. The van der Waals surface area contributed by atoms with Gasteiger partial charge in [-0.25, -0.2) is 13.1 Å². The summed E-state index contributed by atoms with van der Waals surface area (Å²) < 4.78 is 44.3. The van der Waals surface area contributed by atoms with Crippen molar-refractivity contribution in [3.8, 4) is 5.75 Å². The summed E-state index contributed by atoms with van der Waals surface area (Å²) in [5.74, 6) is 1.18. The van der Waals surface area contributed by atoms with Gasteiger partial charge in [0.05, 0.1) is 23.4 Å². The molecule has 0 spiro atoms. The van der Waals surface area contributed by atoms with Gasteiger partial charge in [0.15, 0.2) is 12.4 Å². The number of hydrogen-bond donors (Lipinski definition) is 1. The zero-order valence-corrected chi connectivity index (χ0v) is 18.1. The highest BCUT2D eigenvalue weighted by Gasteiger charge is 2.33. The van der Waals surface area contributed by atoms with E-state index in [0.717, 1.165) is 25.7 Å². The molecule has 1 aromatic heterocycles. The Labute approximate surface area is 183 Å². The molecule has 1 aromatic carbocycles. The summed E-state index contributed by atoms with van der Waals surface area (Å²) >= 11 is 6.32. The third kappa shape index (κ3) is 4.27. The lowest BCUT2D eigenvalue weighted by Gasteiger charge is -2.29. The van der Waals surface area contributed by atoms with Crippen LogP contribution < -0.4 is 14.4 Å². The van der Waals surface area contributed by atoms with Gasteiger partial charge in [0.1, 0.15) is 10.6 Å². The summed E-state index contributed by atoms with van der Waals surface area (Å²) in [6.07, 6.45) is 3.61. The lowest BCUT2D eigenvalue weighted by Crippen LogP contribution is -2.39. The Kier molecular flexibility index (Phi) is 5.37. The van der Waals surface area contributed by atoms with Gasteiger partial charge in [-0.3, -0.25) is 9.69 Å². The van der Waals surface area contributed by atoms with Crippen molar-refractivity contribution in [3.63, 3.8) is 0 Å². The number of fused-ring (bicyclic) bond motifs is 1. The Morgan fingerprint density at radius 1 is 1.26 bits per heavy atom. The number of hydrogen-bond acceptors (Lipinski definition) is 8. The first kappa shape index (κ1) is 20.7. The summed E-state index contributed by atoms with van der Waals surface area (Å²) in [6.45, 7) is 0.643. The van der Waals surface area contributed by atoms with Crippen molar-refractivity contribution >= 4 is 33.2 Å². The summed E-state index contributed by atoms with van der Waals surface area (Å²) in [5, 5.41) is 3.93. The van der Waals surface area contributed by atoms with E-state index in [-0.39, 0.29) is 47.4 Å². The van der Waals surface area contributed by atoms with Gasteiger partial charge in [0.25, 0.3) is 5.91 Å². The maximum absolute atomic E-state index is 12.8. The van der Waals surface area contributed by atoms with Crippen LogP contribution in [0.4, 0.5) is 5.69 Å². The lowest BCUT2D eigenvalue weighted by molar-refractivity contribution is -0.121. The number of anilines is 1. The molecule has 2 aliphatic heterocycles. The van der Waals surface area contributed by atoms with Crippen molar-refractivity contribution < 1.29 is 27.2 Å². The first-order chi connectivity index (χ1) is 14.9. The second-order valence-corrected chi connectivity index (χ2v) is 9.97. The van der Waals surface area contributed by atoms with Gasteiger partial charge in [-0.2, -0.15) is 4.98 Å². The van der Waals surface area contributed by atoms with Crippen LogP contribution in [0.1, 0.15) is 43.3 Å². The molecular formula is C19H21ClN4O6S. The normalized spacial score (nSPS) is 21.3. The Morgan fingerprint density at radius 2 is 2.10 bits per heavy atom. The SMILES string of the molecule is O=C1COc2cc(S(=O)(=O)NC[C@H]3CCCO3)c(Cl)cc2N1Cc1noc(C2CC2)n1. The number of carbonyl (C=O) groups excluding carboxylic acids is 1. The van der Waals surface area contributed by atoms with E-state index in [1.54, 1.807) is 0 Å². The minimum atomic E-state index is -3.89. The van der Waals surface area contributed by atoms with Crippen molar-refractivity contribution in [2.24, 2.45) is 0 Å². The van der Waals surface area contributed by atoms with E-state index in [1.165, 1.54) is 17.0 Å². The highest BCUT2D eigenvalue weighted by molar-refractivity contribution is 7.89. The number of nitrogens with one attached hydrogen (secondary N) is 1. The minimum absolute atomic E-state index is 0.0197. The van der Waals surface area contributed by atoms with Gasteiger partial charge in [-0.05, 0) is 31.7 Å². The van der Waals surface area contributed by atoms with E-state index in [2.05, 4.69) is 14.9 Å². The topological polar surface area (TPSA) is 124 Å². The molecule has 166 valence electrons. The number of aromatic nitrogens is 2. The summed E-state index contributed by atoms with van der Waals surface area (Å²) in [6, 6.07) is 2.75. The predicted molar refractivity (Wildman–Crippen MR) is 109 cm³/mol. The maximum atomic E-state index is 12.8. The zero-order valence-electron chi connectivity index (χ0n) is 16.5. The van der Waals surface area contributed by atoms with Gasteiger partial charge < -0.3 is 14.0 Å². The van der Waals surface area contributed by atoms with Gasteiger partial charge in [-0.15, -0.1) is 0 Å². The molecule has 1 aliphatic carbocycles. The number of rotatable bonds is 7. The van der Waals surface area contributed by atoms with Crippen LogP contribution in [-0.2, 0) is 26.1 Å². The van der Waals surface area contributed by atoms with Crippen LogP contribution in [0.25, 0.3) is 0 Å². The Hall–Kier alpha value is -2.21. The number of sulfonamides is 1. The summed E-state index contributed by atoms with van der Waals surface area (Å²) in [5.41, 5.74) is 0.358. The Bertz CT molecular complexity index is 1110. The molecule has 31 heavy (non-hydrogen) atoms. The molecule has 0 unspecified atom stereocenters. The molecule has 2 fully saturated rings. The van der Waals surface area contributed by atoms with Gasteiger partial charge in [0.2, 0.25) is 15.9 Å². The monoisotopic (exact) mass is 468 g/mol. The molecule has 5 rings (SSSR count). The third-order valence-corrected chi connectivity index (χ3v) is 7.37. The van der Waals surface area contributed by atoms with Crippen LogP contribution in [0.15, 0.2) is 21.6 Å². The molecule has 0 bridgehead atoms. The first-order valence-corrected chi connectivity index (χ1v) is 12.0. The van der Waals surface area contributed by atoms with Crippen LogP contribution in [0.2, 0.25) is 5.02 Å². The molecule has 1 amide bonds. The standard InChI is InChI=1S/C19H21ClN4O6S/c20-13-6-14-15(7-16(13)31(26,27)21-8-12-2-1-5-28-12)29-10-18(25)24(14)9-17-22-19(30-23-17)11-3-4-11/h6-7,11-12,21H,1-5,8-10H2/t12-/m1/s1. The highest BCUT2D eigenvalue weighted by Crippen LogP contribution is 2.40. The molecule has 2 aromatic rings. The molecule has 3 aliphatic rings. The van der Waals surface area contributed by atoms with Crippen LogP contribution in [0, 0.1) is 0 Å². The largest absolute Gasteiger partial charge is 0.482 e. The van der Waals surface area contributed by atoms with E-state index >= 15 is 0 Å². The van der Waals surface area contributed by atoms with Crippen LogP contribution in [0.5, 0.6) is 5.75 Å². The van der Waals surface area contributed by atoms with E-state index in [9.17, 15) is 13.2 Å². The fourth-order valence-electron chi connectivity index (χ4n) is 3.64. The predicted octanol–water partition coefficient (Wildman–Crippen LogP) is 1.98. The van der Waals surface area contributed by atoms with Gasteiger partial charge in [0, 0.05) is 25.1 Å². The second-order valence-electron chi connectivity index (χ2n) is 7.83. The lowest BCUT2D eigenvalue weighted by atomic mass is 10.2. The molecular weight excluding hydrogens is 448 g/mol. The number of benzene rings is 1. The van der Waals surface area contributed by atoms with Crippen molar-refractivity contribution in [1.82, 2.24) is 14.9 Å².